The molecule has 0 aliphatic rings. The molecule has 0 saturated heterocycles. The van der Waals surface area contributed by atoms with Gasteiger partial charge in [0.05, 0.1) is 31.9 Å². The number of ether oxygens (including phenoxy) is 3. The number of hydrogen-bond acceptors (Lipinski definition) is 7. The van der Waals surface area contributed by atoms with Crippen molar-refractivity contribution in [2.24, 2.45) is 5.10 Å². The summed E-state index contributed by atoms with van der Waals surface area (Å²) in [6.45, 7) is 4.08. The average molecular weight is 560 g/mol. The van der Waals surface area contributed by atoms with Gasteiger partial charge in [-0.1, -0.05) is 23.7 Å². The Balaban J connectivity index is 1.69. The van der Waals surface area contributed by atoms with E-state index in [1.165, 1.54) is 20.2 Å². The predicted molar refractivity (Wildman–Crippen MR) is 149 cm³/mol. The van der Waals surface area contributed by atoms with E-state index in [0.717, 1.165) is 16.1 Å². The highest BCUT2D eigenvalue weighted by molar-refractivity contribution is 7.92. The second kappa shape index (κ2) is 13.2. The van der Waals surface area contributed by atoms with Crippen molar-refractivity contribution >= 4 is 39.4 Å². The normalized spacial score (nSPS) is 12.1. The van der Waals surface area contributed by atoms with Gasteiger partial charge in [-0.2, -0.15) is 5.10 Å². The fourth-order valence-electron chi connectivity index (χ4n) is 3.58. The Kier molecular flexibility index (Phi) is 9.98. The number of amides is 1. The Morgan fingerprint density at radius 2 is 1.82 bits per heavy atom. The number of carbonyl (C=O) groups is 1. The molecule has 0 aliphatic carbocycles. The summed E-state index contributed by atoms with van der Waals surface area (Å²) in [5.74, 6) is 1.02. The molecule has 0 spiro atoms. The Bertz CT molecular complexity index is 1380. The predicted octanol–water partition coefficient (Wildman–Crippen LogP) is 4.63. The highest BCUT2D eigenvalue weighted by Gasteiger charge is 2.29. The van der Waals surface area contributed by atoms with Crippen LogP contribution in [0.15, 0.2) is 71.8 Å². The third-order valence-electron chi connectivity index (χ3n) is 5.35. The lowest BCUT2D eigenvalue weighted by Crippen LogP contribution is -2.46. The standard InChI is InChI=1S/C27H30ClN3O6S/c1-5-36-26-16-20(9-14-25(26)37-18-21-7-6-8-22(28)15-21)17-29-30-27(32)19(2)31(38(4,33)34)23-10-12-24(35-3)13-11-23/h6-17,19H,5,18H2,1-4H3,(H,30,32). The summed E-state index contributed by atoms with van der Waals surface area (Å²) >= 11 is 6.04. The lowest BCUT2D eigenvalue weighted by atomic mass is 10.2. The zero-order valence-electron chi connectivity index (χ0n) is 21.5. The van der Waals surface area contributed by atoms with Gasteiger partial charge in [0.2, 0.25) is 10.0 Å². The Labute approximate surface area is 228 Å². The molecule has 202 valence electrons. The van der Waals surface area contributed by atoms with Crippen molar-refractivity contribution in [2.45, 2.75) is 26.5 Å². The summed E-state index contributed by atoms with van der Waals surface area (Å²) in [6, 6.07) is 17.9. The maximum absolute atomic E-state index is 12.8. The van der Waals surface area contributed by atoms with E-state index in [0.29, 0.717) is 46.7 Å². The van der Waals surface area contributed by atoms with Crippen LogP contribution in [0, 0.1) is 0 Å². The summed E-state index contributed by atoms with van der Waals surface area (Å²) < 4.78 is 42.7. The molecule has 0 saturated carbocycles. The average Bonchev–Trinajstić information content (AvgIpc) is 2.88. The minimum absolute atomic E-state index is 0.313. The van der Waals surface area contributed by atoms with Crippen LogP contribution in [0.5, 0.6) is 17.2 Å². The van der Waals surface area contributed by atoms with Gasteiger partial charge in [0.25, 0.3) is 5.91 Å². The van der Waals surface area contributed by atoms with E-state index < -0.39 is 22.0 Å². The molecule has 0 radical (unpaired) electrons. The molecular formula is C27H30ClN3O6S. The molecule has 0 aliphatic heterocycles. The number of anilines is 1. The number of hydrazone groups is 1. The molecule has 0 fully saturated rings. The minimum atomic E-state index is -3.76. The Hall–Kier alpha value is -3.76. The zero-order valence-corrected chi connectivity index (χ0v) is 23.1. The van der Waals surface area contributed by atoms with Crippen LogP contribution >= 0.6 is 11.6 Å². The number of carbonyl (C=O) groups excluding carboxylic acids is 1. The summed E-state index contributed by atoms with van der Waals surface area (Å²) in [7, 11) is -2.25. The molecule has 1 atom stereocenters. The first-order valence-corrected chi connectivity index (χ1v) is 14.0. The van der Waals surface area contributed by atoms with Gasteiger partial charge in [0.15, 0.2) is 11.5 Å². The summed E-state index contributed by atoms with van der Waals surface area (Å²) in [5.41, 5.74) is 4.30. The molecule has 3 aromatic carbocycles. The van der Waals surface area contributed by atoms with E-state index in [9.17, 15) is 13.2 Å². The minimum Gasteiger partial charge on any atom is -0.497 e. The SMILES string of the molecule is CCOc1cc(C=NNC(=O)C(C)N(c2ccc(OC)cc2)S(C)(=O)=O)ccc1OCc1cccc(Cl)c1. The van der Waals surface area contributed by atoms with Gasteiger partial charge in [-0.05, 0) is 79.6 Å². The monoisotopic (exact) mass is 559 g/mol. The van der Waals surface area contributed by atoms with Crippen molar-refractivity contribution in [2.75, 3.05) is 24.3 Å². The Morgan fingerprint density at radius 1 is 1.08 bits per heavy atom. The third-order valence-corrected chi connectivity index (χ3v) is 6.83. The van der Waals surface area contributed by atoms with Crippen LogP contribution in [0.25, 0.3) is 0 Å². The van der Waals surface area contributed by atoms with E-state index in [2.05, 4.69) is 10.5 Å². The molecule has 1 unspecified atom stereocenters. The van der Waals surface area contributed by atoms with Crippen LogP contribution in [0.2, 0.25) is 5.02 Å². The van der Waals surface area contributed by atoms with E-state index in [-0.39, 0.29) is 0 Å². The van der Waals surface area contributed by atoms with Crippen LogP contribution in [-0.2, 0) is 21.4 Å². The molecule has 11 heteroatoms. The number of rotatable bonds is 12. The van der Waals surface area contributed by atoms with Crippen molar-refractivity contribution in [3.05, 3.63) is 82.9 Å². The molecule has 9 nitrogen and oxygen atoms in total. The van der Waals surface area contributed by atoms with E-state index >= 15 is 0 Å². The van der Waals surface area contributed by atoms with Crippen molar-refractivity contribution in [3.63, 3.8) is 0 Å². The highest BCUT2D eigenvalue weighted by Crippen LogP contribution is 2.29. The van der Waals surface area contributed by atoms with Crippen LogP contribution in [0.3, 0.4) is 0 Å². The molecule has 0 bridgehead atoms. The second-order valence-electron chi connectivity index (χ2n) is 8.22. The zero-order chi connectivity index (χ0) is 27.7. The fraction of sp³-hybridized carbons (Fsp3) is 0.259. The number of benzene rings is 3. The van der Waals surface area contributed by atoms with Crippen LogP contribution < -0.4 is 23.9 Å². The number of hydrogen-bond donors (Lipinski definition) is 1. The Morgan fingerprint density at radius 3 is 2.45 bits per heavy atom. The van der Waals surface area contributed by atoms with Crippen molar-refractivity contribution in [3.8, 4) is 17.2 Å². The third kappa shape index (κ3) is 7.87. The van der Waals surface area contributed by atoms with Crippen molar-refractivity contribution in [1.29, 1.82) is 0 Å². The maximum atomic E-state index is 12.8. The van der Waals surface area contributed by atoms with Gasteiger partial charge >= 0.3 is 0 Å². The number of nitrogens with zero attached hydrogens (tertiary/aromatic N) is 2. The van der Waals surface area contributed by atoms with Crippen molar-refractivity contribution in [1.82, 2.24) is 5.43 Å². The summed E-state index contributed by atoms with van der Waals surface area (Å²) in [5, 5.41) is 4.63. The molecule has 3 rings (SSSR count). The number of halogens is 1. The number of nitrogens with one attached hydrogen (secondary N) is 1. The van der Waals surface area contributed by atoms with Gasteiger partial charge in [-0.3, -0.25) is 9.10 Å². The lowest BCUT2D eigenvalue weighted by molar-refractivity contribution is -0.121. The van der Waals surface area contributed by atoms with E-state index in [1.807, 2.05) is 25.1 Å². The van der Waals surface area contributed by atoms with Crippen LogP contribution in [0.1, 0.15) is 25.0 Å². The lowest BCUT2D eigenvalue weighted by Gasteiger charge is -2.27. The van der Waals surface area contributed by atoms with E-state index in [1.54, 1.807) is 48.5 Å². The molecule has 0 heterocycles. The first-order chi connectivity index (χ1) is 18.1. The highest BCUT2D eigenvalue weighted by atomic mass is 35.5. The van der Waals surface area contributed by atoms with Crippen LogP contribution in [0.4, 0.5) is 5.69 Å². The van der Waals surface area contributed by atoms with E-state index in [4.69, 9.17) is 25.8 Å². The number of sulfonamides is 1. The van der Waals surface area contributed by atoms with Gasteiger partial charge in [0.1, 0.15) is 18.4 Å². The fourth-order valence-corrected chi connectivity index (χ4v) is 4.97. The van der Waals surface area contributed by atoms with Gasteiger partial charge < -0.3 is 14.2 Å². The van der Waals surface area contributed by atoms with Crippen molar-refractivity contribution < 1.29 is 27.4 Å². The largest absolute Gasteiger partial charge is 0.497 e. The number of methoxy groups -OCH3 is 1. The summed E-state index contributed by atoms with van der Waals surface area (Å²) in [6.07, 6.45) is 2.47. The second-order valence-corrected chi connectivity index (χ2v) is 10.5. The molecule has 3 aromatic rings. The molecular weight excluding hydrogens is 530 g/mol. The first-order valence-electron chi connectivity index (χ1n) is 11.7. The smallest absolute Gasteiger partial charge is 0.263 e. The van der Waals surface area contributed by atoms with Gasteiger partial charge in [-0.15, -0.1) is 0 Å². The van der Waals surface area contributed by atoms with Gasteiger partial charge in [0, 0.05) is 5.02 Å². The van der Waals surface area contributed by atoms with Gasteiger partial charge in [-0.25, -0.2) is 13.8 Å². The maximum Gasteiger partial charge on any atom is 0.263 e. The van der Waals surface area contributed by atoms with Crippen LogP contribution in [-0.4, -0.2) is 46.6 Å². The molecule has 0 aromatic heterocycles. The molecule has 1 N–H and O–H groups in total. The summed E-state index contributed by atoms with van der Waals surface area (Å²) in [4.78, 5) is 12.8. The quantitative estimate of drug-likeness (QED) is 0.256. The first kappa shape index (κ1) is 28.8. The molecule has 38 heavy (non-hydrogen) atoms. The molecule has 1 amide bonds. The topological polar surface area (TPSA) is 107 Å².